The third-order valence-electron chi connectivity index (χ3n) is 3.71. The van der Waals surface area contributed by atoms with Gasteiger partial charge in [0.25, 0.3) is 5.91 Å². The molecule has 0 spiro atoms. The number of hydrogen-bond acceptors (Lipinski definition) is 2. The minimum Gasteiger partial charge on any atom is -0.337 e. The van der Waals surface area contributed by atoms with Crippen LogP contribution in [0.4, 0.5) is 8.78 Å². The van der Waals surface area contributed by atoms with Crippen molar-refractivity contribution < 1.29 is 13.6 Å². The fourth-order valence-corrected chi connectivity index (χ4v) is 2.63. The van der Waals surface area contributed by atoms with Crippen molar-refractivity contribution in [3.63, 3.8) is 0 Å². The molecule has 0 N–H and O–H groups in total. The maximum absolute atomic E-state index is 13.6. The van der Waals surface area contributed by atoms with Crippen LogP contribution in [0.25, 0.3) is 0 Å². The van der Waals surface area contributed by atoms with E-state index in [0.29, 0.717) is 19.0 Å². The molecule has 5 heteroatoms. The summed E-state index contributed by atoms with van der Waals surface area (Å²) in [5, 5.41) is 0. The molecule has 0 aliphatic carbocycles. The lowest BCUT2D eigenvalue weighted by atomic mass is 10.1. The molecule has 1 saturated heterocycles. The minimum atomic E-state index is -1.06. The average Bonchev–Trinajstić information content (AvgIpc) is 2.74. The molecule has 0 saturated carbocycles. The van der Waals surface area contributed by atoms with E-state index < -0.39 is 17.5 Å². The lowest BCUT2D eigenvalue weighted by molar-refractivity contribution is 0.0775. The van der Waals surface area contributed by atoms with Crippen LogP contribution in [-0.4, -0.2) is 48.9 Å². The highest BCUT2D eigenvalue weighted by Gasteiger charge is 2.34. The van der Waals surface area contributed by atoms with Crippen molar-refractivity contribution in [2.45, 2.75) is 13.0 Å². The number of halogens is 2. The van der Waals surface area contributed by atoms with E-state index >= 15 is 0 Å². The third-order valence-corrected chi connectivity index (χ3v) is 3.71. The molecule has 1 aliphatic heterocycles. The van der Waals surface area contributed by atoms with Crippen molar-refractivity contribution in [3.05, 3.63) is 35.4 Å². The number of amides is 1. The monoisotopic (exact) mass is 268 g/mol. The van der Waals surface area contributed by atoms with Gasteiger partial charge in [0.2, 0.25) is 0 Å². The van der Waals surface area contributed by atoms with Gasteiger partial charge in [-0.25, -0.2) is 8.78 Å². The average molecular weight is 268 g/mol. The summed E-state index contributed by atoms with van der Waals surface area (Å²) in [6, 6.07) is 3.95. The Morgan fingerprint density at radius 2 is 2.00 bits per heavy atom. The normalized spacial score (nSPS) is 23.2. The van der Waals surface area contributed by atoms with Crippen molar-refractivity contribution in [3.8, 4) is 0 Å². The predicted octanol–water partition coefficient (Wildman–Crippen LogP) is 1.99. The Morgan fingerprint density at radius 3 is 2.58 bits per heavy atom. The van der Waals surface area contributed by atoms with Gasteiger partial charge in [-0.2, -0.15) is 0 Å². The van der Waals surface area contributed by atoms with Gasteiger partial charge in [-0.1, -0.05) is 13.0 Å². The first-order chi connectivity index (χ1) is 8.91. The van der Waals surface area contributed by atoms with Crippen molar-refractivity contribution in [2.75, 3.05) is 27.2 Å². The van der Waals surface area contributed by atoms with Gasteiger partial charge in [0.1, 0.15) is 0 Å². The van der Waals surface area contributed by atoms with E-state index in [1.54, 1.807) is 4.90 Å². The Bertz CT molecular complexity index is 490. The van der Waals surface area contributed by atoms with Crippen LogP contribution in [0.2, 0.25) is 0 Å². The SMILES string of the molecule is CC1CN(C(=O)c2cccc(F)c2F)CC1N(C)C. The molecule has 104 valence electrons. The van der Waals surface area contributed by atoms with Crippen LogP contribution in [-0.2, 0) is 0 Å². The molecule has 0 bridgehead atoms. The van der Waals surface area contributed by atoms with Crippen LogP contribution in [0.5, 0.6) is 0 Å². The molecule has 1 aromatic rings. The van der Waals surface area contributed by atoms with Crippen molar-refractivity contribution in [1.29, 1.82) is 0 Å². The second kappa shape index (κ2) is 5.25. The molecule has 1 heterocycles. The fraction of sp³-hybridized carbons (Fsp3) is 0.500. The first kappa shape index (κ1) is 13.9. The molecule has 0 radical (unpaired) electrons. The van der Waals surface area contributed by atoms with Gasteiger partial charge in [-0.15, -0.1) is 0 Å². The molecule has 1 aliphatic rings. The molecule has 2 rings (SSSR count). The third kappa shape index (κ3) is 2.61. The summed E-state index contributed by atoms with van der Waals surface area (Å²) in [6.45, 7) is 3.17. The van der Waals surface area contributed by atoms with E-state index in [9.17, 15) is 13.6 Å². The quantitative estimate of drug-likeness (QED) is 0.819. The highest BCUT2D eigenvalue weighted by molar-refractivity contribution is 5.94. The minimum absolute atomic E-state index is 0.188. The first-order valence-electron chi connectivity index (χ1n) is 6.31. The summed E-state index contributed by atoms with van der Waals surface area (Å²) in [5.41, 5.74) is -0.188. The zero-order valence-corrected chi connectivity index (χ0v) is 11.4. The predicted molar refractivity (Wildman–Crippen MR) is 68.9 cm³/mol. The van der Waals surface area contributed by atoms with Crippen LogP contribution in [0, 0.1) is 17.6 Å². The highest BCUT2D eigenvalue weighted by atomic mass is 19.2. The molecule has 1 fully saturated rings. The van der Waals surface area contributed by atoms with Gasteiger partial charge in [-0.3, -0.25) is 4.79 Å². The van der Waals surface area contributed by atoms with Crippen molar-refractivity contribution in [1.82, 2.24) is 9.80 Å². The lowest BCUT2D eigenvalue weighted by Crippen LogP contribution is -2.36. The Morgan fingerprint density at radius 1 is 1.32 bits per heavy atom. The van der Waals surface area contributed by atoms with Gasteiger partial charge in [0, 0.05) is 19.1 Å². The summed E-state index contributed by atoms with van der Waals surface area (Å²) < 4.78 is 26.8. The molecule has 19 heavy (non-hydrogen) atoms. The van der Waals surface area contributed by atoms with E-state index in [-0.39, 0.29) is 11.6 Å². The van der Waals surface area contributed by atoms with E-state index in [1.807, 2.05) is 14.1 Å². The Balaban J connectivity index is 2.20. The van der Waals surface area contributed by atoms with Gasteiger partial charge in [-0.05, 0) is 32.1 Å². The maximum Gasteiger partial charge on any atom is 0.257 e. The second-order valence-electron chi connectivity index (χ2n) is 5.32. The summed E-state index contributed by atoms with van der Waals surface area (Å²) in [5.74, 6) is -2.17. The fourth-order valence-electron chi connectivity index (χ4n) is 2.63. The molecular formula is C14H18F2N2O. The van der Waals surface area contributed by atoms with Gasteiger partial charge in [0.15, 0.2) is 11.6 Å². The summed E-state index contributed by atoms with van der Waals surface area (Å²) >= 11 is 0. The number of hydrogen-bond donors (Lipinski definition) is 0. The van der Waals surface area contributed by atoms with Crippen LogP contribution in [0.15, 0.2) is 18.2 Å². The molecule has 1 aromatic carbocycles. The summed E-state index contributed by atoms with van der Waals surface area (Å²) in [4.78, 5) is 15.9. The number of likely N-dealkylation sites (N-methyl/N-ethyl adjacent to an activating group) is 1. The highest BCUT2D eigenvalue weighted by Crippen LogP contribution is 2.23. The summed E-state index contributed by atoms with van der Waals surface area (Å²) in [7, 11) is 3.91. The van der Waals surface area contributed by atoms with E-state index in [2.05, 4.69) is 11.8 Å². The second-order valence-corrected chi connectivity index (χ2v) is 5.32. The van der Waals surface area contributed by atoms with E-state index in [4.69, 9.17) is 0 Å². The van der Waals surface area contributed by atoms with Gasteiger partial charge in [0.05, 0.1) is 5.56 Å². The Labute approximate surface area is 111 Å². The van der Waals surface area contributed by atoms with Crippen molar-refractivity contribution >= 4 is 5.91 Å². The Hall–Kier alpha value is -1.49. The summed E-state index contributed by atoms with van der Waals surface area (Å²) in [6.07, 6.45) is 0. The topological polar surface area (TPSA) is 23.6 Å². The number of likely N-dealkylation sites (tertiary alicyclic amines) is 1. The first-order valence-corrected chi connectivity index (χ1v) is 6.31. The van der Waals surface area contributed by atoms with Crippen LogP contribution < -0.4 is 0 Å². The van der Waals surface area contributed by atoms with E-state index in [1.165, 1.54) is 12.1 Å². The molecule has 1 amide bonds. The molecule has 2 atom stereocenters. The number of nitrogens with zero attached hydrogens (tertiary/aromatic N) is 2. The number of carbonyl (C=O) groups excluding carboxylic acids is 1. The molecule has 0 aromatic heterocycles. The maximum atomic E-state index is 13.6. The molecule has 2 unspecified atom stereocenters. The number of benzene rings is 1. The van der Waals surface area contributed by atoms with Crippen molar-refractivity contribution in [2.24, 2.45) is 5.92 Å². The lowest BCUT2D eigenvalue weighted by Gasteiger charge is -2.22. The van der Waals surface area contributed by atoms with Crippen LogP contribution in [0.1, 0.15) is 17.3 Å². The van der Waals surface area contributed by atoms with Crippen LogP contribution >= 0.6 is 0 Å². The van der Waals surface area contributed by atoms with Gasteiger partial charge >= 0.3 is 0 Å². The standard InChI is InChI=1S/C14H18F2N2O/c1-9-7-18(8-12(9)17(2)3)14(19)10-5-4-6-11(15)13(10)16/h4-6,9,12H,7-8H2,1-3H3. The van der Waals surface area contributed by atoms with Gasteiger partial charge < -0.3 is 9.80 Å². The number of rotatable bonds is 2. The number of carbonyl (C=O) groups is 1. The van der Waals surface area contributed by atoms with Crippen LogP contribution in [0.3, 0.4) is 0 Å². The smallest absolute Gasteiger partial charge is 0.257 e. The molecular weight excluding hydrogens is 250 g/mol. The molecule has 3 nitrogen and oxygen atoms in total. The van der Waals surface area contributed by atoms with E-state index in [0.717, 1.165) is 6.07 Å². The largest absolute Gasteiger partial charge is 0.337 e. The zero-order valence-electron chi connectivity index (χ0n) is 11.4. The zero-order chi connectivity index (χ0) is 14.2. The Kier molecular flexibility index (Phi) is 3.85.